The summed E-state index contributed by atoms with van der Waals surface area (Å²) in [6, 6.07) is 23.8. The van der Waals surface area contributed by atoms with Crippen molar-refractivity contribution in [2.45, 2.75) is 6.18 Å². The first-order valence-electron chi connectivity index (χ1n) is 9.49. The molecule has 158 valence electrons. The van der Waals surface area contributed by atoms with E-state index in [1.807, 2.05) is 60.7 Å². The van der Waals surface area contributed by atoms with Gasteiger partial charge in [-0.3, -0.25) is 0 Å². The van der Waals surface area contributed by atoms with Crippen LogP contribution in [0.5, 0.6) is 0 Å². The zero-order valence-corrected chi connectivity index (χ0v) is 16.3. The van der Waals surface area contributed by atoms with Crippen molar-refractivity contribution >= 4 is 39.2 Å². The molecule has 4 rings (SSSR count). The number of hydrogen-bond donors (Lipinski definition) is 5. The molecule has 4 aromatic carbocycles. The summed E-state index contributed by atoms with van der Waals surface area (Å²) < 4.78 is 37.9. The van der Waals surface area contributed by atoms with E-state index in [1.54, 1.807) is 0 Å². The number of hydrogen-bond acceptors (Lipinski definition) is 5. The Balaban J connectivity index is 1.35. The van der Waals surface area contributed by atoms with E-state index in [2.05, 4.69) is 21.7 Å². The topological polar surface area (TPSA) is 74.1 Å². The normalized spacial score (nSPS) is 11.2. The van der Waals surface area contributed by atoms with Gasteiger partial charge in [0, 0.05) is 16.5 Å². The number of nitrogen functional groups attached to an aromatic ring is 1. The highest BCUT2D eigenvalue weighted by Gasteiger charge is 2.29. The van der Waals surface area contributed by atoms with E-state index < -0.39 is 11.7 Å². The standard InChI is InChI=1S/C23H20F3N5/c24-23(25,26)15-5-7-16(8-6-15)28-29-17-9-11-18(12-10-17)30-31-22-14-13-21(27)19-3-1-2-4-20(19)22/h1-14,28-31H,27H2. The van der Waals surface area contributed by atoms with Gasteiger partial charge in [-0.05, 0) is 60.7 Å². The minimum absolute atomic E-state index is 0.520. The third kappa shape index (κ3) is 4.75. The summed E-state index contributed by atoms with van der Waals surface area (Å²) >= 11 is 0. The van der Waals surface area contributed by atoms with Gasteiger partial charge in [0.15, 0.2) is 0 Å². The quantitative estimate of drug-likeness (QED) is 0.185. The van der Waals surface area contributed by atoms with E-state index in [0.29, 0.717) is 5.69 Å². The molecule has 0 radical (unpaired) electrons. The first kappa shape index (κ1) is 20.2. The molecule has 0 aromatic heterocycles. The van der Waals surface area contributed by atoms with Crippen LogP contribution in [0.1, 0.15) is 5.56 Å². The van der Waals surface area contributed by atoms with Gasteiger partial charge < -0.3 is 27.4 Å². The molecular weight excluding hydrogens is 403 g/mol. The first-order chi connectivity index (χ1) is 14.9. The first-order valence-corrected chi connectivity index (χ1v) is 9.49. The van der Waals surface area contributed by atoms with Crippen LogP contribution >= 0.6 is 0 Å². The van der Waals surface area contributed by atoms with Gasteiger partial charge in [-0.2, -0.15) is 13.2 Å². The summed E-state index contributed by atoms with van der Waals surface area (Å²) in [6.07, 6.45) is -4.35. The number of nitrogens with two attached hydrogens (primary N) is 1. The number of halogens is 3. The van der Waals surface area contributed by atoms with Gasteiger partial charge in [-0.25, -0.2) is 0 Å². The summed E-state index contributed by atoms with van der Waals surface area (Å²) in [5.74, 6) is 0. The van der Waals surface area contributed by atoms with Crippen molar-refractivity contribution in [2.75, 3.05) is 27.4 Å². The predicted molar refractivity (Wildman–Crippen MR) is 121 cm³/mol. The third-order valence-corrected chi connectivity index (χ3v) is 4.75. The Morgan fingerprint density at radius 1 is 0.548 bits per heavy atom. The average Bonchev–Trinajstić information content (AvgIpc) is 2.78. The summed E-state index contributed by atoms with van der Waals surface area (Å²) in [6.45, 7) is 0. The lowest BCUT2D eigenvalue weighted by molar-refractivity contribution is -0.137. The Hall–Kier alpha value is -4.07. The Bertz CT molecular complexity index is 1170. The van der Waals surface area contributed by atoms with Crippen molar-refractivity contribution < 1.29 is 13.2 Å². The van der Waals surface area contributed by atoms with Crippen LogP contribution in [0.3, 0.4) is 0 Å². The van der Waals surface area contributed by atoms with Crippen molar-refractivity contribution in [3.63, 3.8) is 0 Å². The molecule has 0 amide bonds. The van der Waals surface area contributed by atoms with E-state index in [1.165, 1.54) is 12.1 Å². The van der Waals surface area contributed by atoms with Crippen LogP contribution in [0.25, 0.3) is 10.8 Å². The molecule has 8 heteroatoms. The Labute approximate surface area is 177 Å². The van der Waals surface area contributed by atoms with Gasteiger partial charge in [0.05, 0.1) is 28.3 Å². The molecule has 0 aliphatic rings. The molecule has 0 aliphatic carbocycles. The van der Waals surface area contributed by atoms with Crippen molar-refractivity contribution in [3.05, 3.63) is 90.5 Å². The van der Waals surface area contributed by atoms with Crippen LogP contribution in [0.15, 0.2) is 84.9 Å². The number of rotatable bonds is 6. The largest absolute Gasteiger partial charge is 0.416 e. The smallest absolute Gasteiger partial charge is 0.398 e. The number of anilines is 5. The highest BCUT2D eigenvalue weighted by atomic mass is 19.4. The molecule has 31 heavy (non-hydrogen) atoms. The summed E-state index contributed by atoms with van der Waals surface area (Å²) in [4.78, 5) is 0. The number of alkyl halides is 3. The zero-order chi connectivity index (χ0) is 21.8. The molecule has 5 nitrogen and oxygen atoms in total. The molecule has 0 atom stereocenters. The lowest BCUT2D eigenvalue weighted by atomic mass is 10.1. The average molecular weight is 423 g/mol. The summed E-state index contributed by atoms with van der Waals surface area (Å²) in [5.41, 5.74) is 21.3. The molecule has 0 fully saturated rings. The van der Waals surface area contributed by atoms with Crippen LogP contribution in [0.4, 0.5) is 41.6 Å². The van der Waals surface area contributed by atoms with Crippen molar-refractivity contribution in [1.29, 1.82) is 0 Å². The molecule has 0 saturated carbocycles. The van der Waals surface area contributed by atoms with Gasteiger partial charge in [0.2, 0.25) is 0 Å². The molecule has 6 N–H and O–H groups in total. The molecule has 0 saturated heterocycles. The zero-order valence-electron chi connectivity index (χ0n) is 16.3. The van der Waals surface area contributed by atoms with Crippen molar-refractivity contribution in [3.8, 4) is 0 Å². The maximum absolute atomic E-state index is 12.6. The fourth-order valence-corrected chi connectivity index (χ4v) is 3.09. The molecular formula is C23H20F3N5. The molecule has 0 unspecified atom stereocenters. The SMILES string of the molecule is Nc1ccc(NNc2ccc(NNc3ccc(C(F)(F)F)cc3)cc2)c2ccccc12. The molecule has 0 bridgehead atoms. The predicted octanol–water partition coefficient (Wildman–Crippen LogP) is 6.32. The van der Waals surface area contributed by atoms with Gasteiger partial charge in [-0.15, -0.1) is 0 Å². The Morgan fingerprint density at radius 3 is 1.58 bits per heavy atom. The van der Waals surface area contributed by atoms with Crippen LogP contribution < -0.4 is 27.4 Å². The van der Waals surface area contributed by atoms with E-state index in [0.717, 1.165) is 45.7 Å². The molecule has 4 aromatic rings. The minimum atomic E-state index is -4.35. The number of nitrogens with one attached hydrogen (secondary N) is 4. The van der Waals surface area contributed by atoms with Crippen LogP contribution in [0, 0.1) is 0 Å². The number of hydrazine groups is 2. The van der Waals surface area contributed by atoms with Gasteiger partial charge in [-0.1, -0.05) is 24.3 Å². The Morgan fingerprint density at radius 2 is 1.03 bits per heavy atom. The molecule has 0 aliphatic heterocycles. The van der Waals surface area contributed by atoms with E-state index in [-0.39, 0.29) is 0 Å². The van der Waals surface area contributed by atoms with Crippen molar-refractivity contribution in [1.82, 2.24) is 0 Å². The second kappa shape index (κ2) is 8.35. The Kier molecular flexibility index (Phi) is 5.44. The fraction of sp³-hybridized carbons (Fsp3) is 0.0435. The van der Waals surface area contributed by atoms with Crippen LogP contribution in [0.2, 0.25) is 0 Å². The number of benzene rings is 4. The third-order valence-electron chi connectivity index (χ3n) is 4.75. The fourth-order valence-electron chi connectivity index (χ4n) is 3.09. The second-order valence-corrected chi connectivity index (χ2v) is 6.90. The lowest BCUT2D eigenvalue weighted by Crippen LogP contribution is -2.11. The minimum Gasteiger partial charge on any atom is -0.398 e. The monoisotopic (exact) mass is 423 g/mol. The second-order valence-electron chi connectivity index (χ2n) is 6.90. The van der Waals surface area contributed by atoms with Gasteiger partial charge in [0.25, 0.3) is 0 Å². The summed E-state index contributed by atoms with van der Waals surface area (Å²) in [7, 11) is 0. The van der Waals surface area contributed by atoms with Gasteiger partial charge in [0.1, 0.15) is 0 Å². The van der Waals surface area contributed by atoms with Crippen molar-refractivity contribution in [2.24, 2.45) is 0 Å². The number of fused-ring (bicyclic) bond motifs is 1. The highest BCUT2D eigenvalue weighted by molar-refractivity contribution is 6.01. The maximum Gasteiger partial charge on any atom is 0.416 e. The molecule has 0 heterocycles. The van der Waals surface area contributed by atoms with Crippen LogP contribution in [-0.4, -0.2) is 0 Å². The van der Waals surface area contributed by atoms with Gasteiger partial charge >= 0.3 is 6.18 Å². The van der Waals surface area contributed by atoms with Crippen LogP contribution in [-0.2, 0) is 6.18 Å². The molecule has 0 spiro atoms. The van der Waals surface area contributed by atoms with E-state index >= 15 is 0 Å². The van der Waals surface area contributed by atoms with E-state index in [4.69, 9.17) is 5.73 Å². The lowest BCUT2D eigenvalue weighted by Gasteiger charge is -2.14. The summed E-state index contributed by atoms with van der Waals surface area (Å²) in [5, 5.41) is 1.98. The highest BCUT2D eigenvalue weighted by Crippen LogP contribution is 2.30. The maximum atomic E-state index is 12.6. The van der Waals surface area contributed by atoms with E-state index in [9.17, 15) is 13.2 Å².